The highest BCUT2D eigenvalue weighted by Gasteiger charge is 2.37. The Morgan fingerprint density at radius 3 is 2.67 bits per heavy atom. The summed E-state index contributed by atoms with van der Waals surface area (Å²) in [5.41, 5.74) is 3.53. The highest BCUT2D eigenvalue weighted by Crippen LogP contribution is 2.34. The van der Waals surface area contributed by atoms with E-state index in [2.05, 4.69) is 35.6 Å². The van der Waals surface area contributed by atoms with Crippen LogP contribution in [-0.2, 0) is 10.0 Å². The Hall–Kier alpha value is -1.18. The molecule has 1 aliphatic carbocycles. The minimum Gasteiger partial charge on any atom is -0.346 e. The van der Waals surface area contributed by atoms with Crippen LogP contribution in [0.15, 0.2) is 12.1 Å². The van der Waals surface area contributed by atoms with Crippen LogP contribution in [0.3, 0.4) is 0 Å². The Bertz CT molecular complexity index is 832. The lowest BCUT2D eigenvalue weighted by Gasteiger charge is -2.32. The van der Waals surface area contributed by atoms with Crippen LogP contribution < -0.4 is 9.62 Å². The summed E-state index contributed by atoms with van der Waals surface area (Å²) in [6.45, 7) is 5.87. The molecule has 1 saturated heterocycles. The molecule has 130 valence electrons. The first-order valence-corrected chi connectivity index (χ1v) is 10.9. The average molecular weight is 366 g/mol. The third-order valence-corrected chi connectivity index (χ3v) is 8.18. The van der Waals surface area contributed by atoms with Gasteiger partial charge in [-0.25, -0.2) is 18.1 Å². The Balaban J connectivity index is 1.56. The third kappa shape index (κ3) is 3.05. The maximum absolute atomic E-state index is 12.2. The van der Waals surface area contributed by atoms with E-state index in [1.54, 1.807) is 11.3 Å². The monoisotopic (exact) mass is 365 g/mol. The van der Waals surface area contributed by atoms with Crippen molar-refractivity contribution in [3.8, 4) is 0 Å². The first kappa shape index (κ1) is 16.3. The van der Waals surface area contributed by atoms with Crippen molar-refractivity contribution in [2.75, 3.05) is 18.0 Å². The van der Waals surface area contributed by atoms with Gasteiger partial charge in [0.15, 0.2) is 5.13 Å². The molecule has 1 atom stereocenters. The van der Waals surface area contributed by atoms with E-state index in [-0.39, 0.29) is 11.3 Å². The van der Waals surface area contributed by atoms with Crippen molar-refractivity contribution in [2.24, 2.45) is 0 Å². The number of thiazole rings is 1. The van der Waals surface area contributed by atoms with Crippen molar-refractivity contribution in [3.63, 3.8) is 0 Å². The van der Waals surface area contributed by atoms with Gasteiger partial charge in [-0.2, -0.15) is 0 Å². The molecule has 2 heterocycles. The summed E-state index contributed by atoms with van der Waals surface area (Å²) in [6, 6.07) is 4.25. The van der Waals surface area contributed by atoms with Gasteiger partial charge < -0.3 is 4.90 Å². The molecule has 1 saturated carbocycles. The maximum Gasteiger partial charge on any atom is 0.214 e. The lowest BCUT2D eigenvalue weighted by Crippen LogP contribution is -2.48. The molecular weight excluding hydrogens is 342 g/mol. The van der Waals surface area contributed by atoms with E-state index in [9.17, 15) is 8.42 Å². The van der Waals surface area contributed by atoms with Crippen LogP contribution in [-0.4, -0.2) is 37.8 Å². The number of sulfonamides is 1. The molecule has 0 bridgehead atoms. The predicted molar refractivity (Wildman–Crippen MR) is 99.4 cm³/mol. The highest BCUT2D eigenvalue weighted by molar-refractivity contribution is 7.90. The molecule has 0 amide bonds. The van der Waals surface area contributed by atoms with Crippen molar-refractivity contribution in [2.45, 2.75) is 50.8 Å². The van der Waals surface area contributed by atoms with Gasteiger partial charge in [0.2, 0.25) is 10.0 Å². The number of nitrogens with zero attached hydrogens (tertiary/aromatic N) is 2. The summed E-state index contributed by atoms with van der Waals surface area (Å²) in [5, 5.41) is 0.860. The second-order valence-corrected chi connectivity index (χ2v) is 9.99. The molecule has 24 heavy (non-hydrogen) atoms. The fourth-order valence-corrected chi connectivity index (χ4v) is 6.09. The minimum atomic E-state index is -3.12. The smallest absolute Gasteiger partial charge is 0.214 e. The van der Waals surface area contributed by atoms with E-state index < -0.39 is 10.0 Å². The lowest BCUT2D eigenvalue weighted by atomic mass is 10.1. The number of aryl methyl sites for hydroxylation is 2. The SMILES string of the molecule is Cc1ccc(C)c2sc(N3CCCC(NS(=O)(=O)C4CC4)C3)nc12. The van der Waals surface area contributed by atoms with Gasteiger partial charge in [-0.3, -0.25) is 0 Å². The molecule has 1 unspecified atom stereocenters. The lowest BCUT2D eigenvalue weighted by molar-refractivity contribution is 0.465. The molecular formula is C17H23N3O2S2. The van der Waals surface area contributed by atoms with E-state index >= 15 is 0 Å². The summed E-state index contributed by atoms with van der Waals surface area (Å²) < 4.78 is 28.5. The first-order valence-electron chi connectivity index (χ1n) is 8.57. The van der Waals surface area contributed by atoms with Crippen LogP contribution >= 0.6 is 11.3 Å². The molecule has 4 rings (SSSR count). The second-order valence-electron chi connectivity index (χ2n) is 7.02. The normalized spacial score (nSPS) is 22.2. The number of hydrogen-bond donors (Lipinski definition) is 1. The van der Waals surface area contributed by atoms with Crippen molar-refractivity contribution in [3.05, 3.63) is 23.3 Å². The molecule has 1 N–H and O–H groups in total. The van der Waals surface area contributed by atoms with Gasteiger partial charge in [-0.1, -0.05) is 23.5 Å². The molecule has 2 aliphatic rings. The van der Waals surface area contributed by atoms with Gasteiger partial charge in [-0.15, -0.1) is 0 Å². The summed E-state index contributed by atoms with van der Waals surface area (Å²) >= 11 is 1.72. The van der Waals surface area contributed by atoms with Crippen LogP contribution in [0, 0.1) is 13.8 Å². The molecule has 0 spiro atoms. The molecule has 5 nitrogen and oxygen atoms in total. The predicted octanol–water partition coefficient (Wildman–Crippen LogP) is 2.96. The van der Waals surface area contributed by atoms with Gasteiger partial charge >= 0.3 is 0 Å². The summed E-state index contributed by atoms with van der Waals surface area (Å²) in [5.74, 6) is 0. The van der Waals surface area contributed by atoms with Gasteiger partial charge in [0.05, 0.1) is 15.5 Å². The number of nitrogens with one attached hydrogen (secondary N) is 1. The zero-order valence-electron chi connectivity index (χ0n) is 14.1. The van der Waals surface area contributed by atoms with Gasteiger partial charge in [-0.05, 0) is 50.7 Å². The number of anilines is 1. The molecule has 0 radical (unpaired) electrons. The van der Waals surface area contributed by atoms with Crippen molar-refractivity contribution in [1.82, 2.24) is 9.71 Å². The Morgan fingerprint density at radius 2 is 1.96 bits per heavy atom. The molecule has 1 aromatic carbocycles. The second kappa shape index (κ2) is 5.97. The standard InChI is InChI=1S/C17H23N3O2S2/c1-11-5-6-12(2)16-15(11)18-17(23-16)20-9-3-4-13(10-20)19-24(21,22)14-7-8-14/h5-6,13-14,19H,3-4,7-10H2,1-2H3. The summed E-state index contributed by atoms with van der Waals surface area (Å²) in [7, 11) is -3.12. The average Bonchev–Trinajstić information content (AvgIpc) is 3.31. The zero-order chi connectivity index (χ0) is 16.9. The van der Waals surface area contributed by atoms with Crippen LogP contribution in [0.1, 0.15) is 36.8 Å². The van der Waals surface area contributed by atoms with Crippen molar-refractivity contribution in [1.29, 1.82) is 0 Å². The van der Waals surface area contributed by atoms with Crippen LogP contribution in [0.25, 0.3) is 10.2 Å². The molecule has 1 aromatic heterocycles. The summed E-state index contributed by atoms with van der Waals surface area (Å²) in [6.07, 6.45) is 3.52. The largest absolute Gasteiger partial charge is 0.346 e. The number of fused-ring (bicyclic) bond motifs is 1. The molecule has 1 aliphatic heterocycles. The quantitative estimate of drug-likeness (QED) is 0.905. The minimum absolute atomic E-state index is 0.00134. The van der Waals surface area contributed by atoms with Crippen LogP contribution in [0.2, 0.25) is 0 Å². The number of rotatable bonds is 4. The van der Waals surface area contributed by atoms with E-state index in [1.807, 2.05) is 0 Å². The van der Waals surface area contributed by atoms with Crippen LogP contribution in [0.5, 0.6) is 0 Å². The molecule has 2 aromatic rings. The zero-order valence-corrected chi connectivity index (χ0v) is 15.7. The fourth-order valence-electron chi connectivity index (χ4n) is 3.34. The van der Waals surface area contributed by atoms with E-state index in [0.29, 0.717) is 6.54 Å². The Morgan fingerprint density at radius 1 is 1.21 bits per heavy atom. The van der Waals surface area contributed by atoms with Gasteiger partial charge in [0.1, 0.15) is 0 Å². The topological polar surface area (TPSA) is 62.3 Å². The number of benzene rings is 1. The Kier molecular flexibility index (Phi) is 4.05. The van der Waals surface area contributed by atoms with E-state index in [4.69, 9.17) is 4.98 Å². The van der Waals surface area contributed by atoms with Gasteiger partial charge in [0.25, 0.3) is 0 Å². The number of piperidine rings is 1. The fraction of sp³-hybridized carbons (Fsp3) is 0.588. The molecule has 2 fully saturated rings. The number of hydrogen-bond acceptors (Lipinski definition) is 5. The first-order chi connectivity index (χ1) is 11.4. The van der Waals surface area contributed by atoms with Crippen molar-refractivity contribution < 1.29 is 8.42 Å². The van der Waals surface area contributed by atoms with Crippen LogP contribution in [0.4, 0.5) is 5.13 Å². The Labute approximate surface area is 147 Å². The highest BCUT2D eigenvalue weighted by atomic mass is 32.2. The molecule has 7 heteroatoms. The summed E-state index contributed by atoms with van der Waals surface area (Å²) in [4.78, 5) is 7.09. The van der Waals surface area contributed by atoms with Crippen molar-refractivity contribution >= 4 is 36.7 Å². The number of aromatic nitrogens is 1. The third-order valence-electron chi connectivity index (χ3n) is 4.92. The van der Waals surface area contributed by atoms with Gasteiger partial charge in [0, 0.05) is 19.1 Å². The van der Waals surface area contributed by atoms with E-state index in [0.717, 1.165) is 42.9 Å². The maximum atomic E-state index is 12.2. The van der Waals surface area contributed by atoms with E-state index in [1.165, 1.54) is 15.8 Å².